The van der Waals surface area contributed by atoms with Gasteiger partial charge in [0.25, 0.3) is 0 Å². The minimum Gasteiger partial charge on any atom is -0.481 e. The van der Waals surface area contributed by atoms with Gasteiger partial charge in [-0.2, -0.15) is 0 Å². The minimum atomic E-state index is -0.843. The second-order valence-electron chi connectivity index (χ2n) is 6.45. The number of anilines is 2. The fraction of sp³-hybridized carbons (Fsp3) is 0.353. The summed E-state index contributed by atoms with van der Waals surface area (Å²) in [7, 11) is 0. The van der Waals surface area contributed by atoms with Crippen molar-refractivity contribution in [1.29, 1.82) is 0 Å². The summed E-state index contributed by atoms with van der Waals surface area (Å²) in [5.41, 5.74) is 1.47. The number of carbonyl (C=O) groups is 2. The number of hydrogen-bond donors (Lipinski definition) is 3. The maximum absolute atomic E-state index is 12.1. The molecule has 6 nitrogen and oxygen atoms in total. The van der Waals surface area contributed by atoms with Crippen LogP contribution in [0, 0.1) is 0 Å². The van der Waals surface area contributed by atoms with Gasteiger partial charge in [0.15, 0.2) is 5.13 Å². The number of nitrogens with zero attached hydrogens (tertiary/aromatic N) is 1. The van der Waals surface area contributed by atoms with Crippen LogP contribution in [0.3, 0.4) is 0 Å². The van der Waals surface area contributed by atoms with Crippen LogP contribution < -0.4 is 10.6 Å². The highest BCUT2D eigenvalue weighted by Crippen LogP contribution is 2.30. The first-order valence-electron chi connectivity index (χ1n) is 7.59. The topological polar surface area (TPSA) is 91.3 Å². The molecule has 2 aromatic rings. The summed E-state index contributed by atoms with van der Waals surface area (Å²) in [6, 6.07) is 6.77. The minimum absolute atomic E-state index is 0.00740. The Morgan fingerprint density at radius 2 is 2.00 bits per heavy atom. The Morgan fingerprint density at radius 3 is 2.62 bits per heavy atom. The number of hydrogen-bond acceptors (Lipinski definition) is 4. The van der Waals surface area contributed by atoms with E-state index in [-0.39, 0.29) is 17.9 Å². The highest BCUT2D eigenvalue weighted by molar-refractivity contribution is 7.15. The molecule has 2 amide bonds. The zero-order valence-corrected chi connectivity index (χ0v) is 14.7. The quantitative estimate of drug-likeness (QED) is 0.759. The Bertz CT molecular complexity index is 735. The molecule has 1 aromatic heterocycles. The summed E-state index contributed by atoms with van der Waals surface area (Å²) in [4.78, 5) is 28.0. The molecule has 0 aliphatic carbocycles. The van der Waals surface area contributed by atoms with Gasteiger partial charge >= 0.3 is 12.0 Å². The summed E-state index contributed by atoms with van der Waals surface area (Å²) in [5.74, 6) is -0.843. The normalized spacial score (nSPS) is 11.1. The molecule has 7 heteroatoms. The third-order valence-corrected chi connectivity index (χ3v) is 4.62. The van der Waals surface area contributed by atoms with Gasteiger partial charge in [0.1, 0.15) is 0 Å². The van der Waals surface area contributed by atoms with Crippen LogP contribution in [0.4, 0.5) is 15.6 Å². The molecule has 0 fully saturated rings. The number of aromatic nitrogens is 1. The fourth-order valence-electron chi connectivity index (χ4n) is 1.99. The molecule has 1 aromatic carbocycles. The smallest absolute Gasteiger partial charge is 0.325 e. The van der Waals surface area contributed by atoms with E-state index in [0.717, 1.165) is 10.4 Å². The van der Waals surface area contributed by atoms with E-state index in [4.69, 9.17) is 5.11 Å². The molecule has 0 aliphatic heterocycles. The highest BCUT2D eigenvalue weighted by atomic mass is 32.1. The third-order valence-electron chi connectivity index (χ3n) is 3.28. The molecule has 0 saturated heterocycles. The predicted molar refractivity (Wildman–Crippen MR) is 95.9 cm³/mol. The van der Waals surface area contributed by atoms with Crippen molar-refractivity contribution >= 4 is 34.2 Å². The lowest BCUT2D eigenvalue weighted by molar-refractivity contribution is -0.136. The van der Waals surface area contributed by atoms with E-state index < -0.39 is 5.97 Å². The average Bonchev–Trinajstić information content (AvgIpc) is 2.94. The van der Waals surface area contributed by atoms with E-state index in [1.54, 1.807) is 24.4 Å². The summed E-state index contributed by atoms with van der Waals surface area (Å²) in [6.45, 7) is 6.27. The van der Waals surface area contributed by atoms with Gasteiger partial charge in [0.2, 0.25) is 0 Å². The molecule has 0 atom stereocenters. The second kappa shape index (κ2) is 7.44. The van der Waals surface area contributed by atoms with E-state index in [9.17, 15) is 9.59 Å². The van der Waals surface area contributed by atoms with Crippen molar-refractivity contribution in [1.82, 2.24) is 4.98 Å². The number of rotatable bonds is 5. The van der Waals surface area contributed by atoms with Crippen LogP contribution in [0.2, 0.25) is 0 Å². The second-order valence-corrected chi connectivity index (χ2v) is 7.48. The van der Waals surface area contributed by atoms with E-state index in [1.165, 1.54) is 11.3 Å². The third kappa shape index (κ3) is 5.34. The monoisotopic (exact) mass is 347 g/mol. The maximum atomic E-state index is 12.1. The lowest BCUT2D eigenvalue weighted by Gasteiger charge is -2.14. The largest absolute Gasteiger partial charge is 0.481 e. The lowest BCUT2D eigenvalue weighted by Crippen LogP contribution is -2.19. The van der Waals surface area contributed by atoms with Gasteiger partial charge in [0.05, 0.1) is 0 Å². The van der Waals surface area contributed by atoms with Crippen molar-refractivity contribution in [3.05, 3.63) is 40.9 Å². The number of nitrogens with one attached hydrogen (secondary N) is 2. The number of thiazole rings is 1. The summed E-state index contributed by atoms with van der Waals surface area (Å²) < 4.78 is 0. The number of carbonyl (C=O) groups excluding carboxylic acids is 1. The number of amides is 2. The van der Waals surface area contributed by atoms with Crippen molar-refractivity contribution in [2.75, 3.05) is 10.6 Å². The molecule has 128 valence electrons. The van der Waals surface area contributed by atoms with Crippen LogP contribution >= 0.6 is 11.3 Å². The Labute approximate surface area is 144 Å². The zero-order chi connectivity index (χ0) is 17.7. The van der Waals surface area contributed by atoms with Crippen LogP contribution in [0.1, 0.15) is 37.6 Å². The van der Waals surface area contributed by atoms with E-state index in [2.05, 4.69) is 36.4 Å². The number of carboxylic acids is 1. The molecule has 0 bridgehead atoms. The summed E-state index contributed by atoms with van der Waals surface area (Å²) >= 11 is 1.44. The van der Waals surface area contributed by atoms with Gasteiger partial charge in [-0.25, -0.2) is 9.78 Å². The number of aliphatic carboxylic acids is 1. The van der Waals surface area contributed by atoms with Crippen molar-refractivity contribution in [2.24, 2.45) is 0 Å². The standard InChI is InChI=1S/C17H21N3O3S/c1-17(2,3)13-10-18-16(24-13)20-15(23)19-12-6-4-5-11(9-12)7-8-14(21)22/h4-6,9-10H,7-8H2,1-3H3,(H,21,22)(H2,18,19,20,23). The highest BCUT2D eigenvalue weighted by Gasteiger charge is 2.17. The van der Waals surface area contributed by atoms with Crippen LogP contribution in [0.25, 0.3) is 0 Å². The first kappa shape index (κ1) is 17.9. The molecular weight excluding hydrogens is 326 g/mol. The molecule has 2 rings (SSSR count). The number of carboxylic acid groups (broad SMARTS) is 1. The van der Waals surface area contributed by atoms with Gasteiger partial charge in [-0.05, 0) is 29.5 Å². The van der Waals surface area contributed by atoms with Crippen LogP contribution in [0.15, 0.2) is 30.5 Å². The molecule has 1 heterocycles. The number of aryl methyl sites for hydroxylation is 1. The fourth-order valence-corrected chi connectivity index (χ4v) is 2.86. The molecular formula is C17H21N3O3S. The van der Waals surface area contributed by atoms with Crippen LogP contribution in [-0.2, 0) is 16.6 Å². The van der Waals surface area contributed by atoms with Crippen LogP contribution in [0.5, 0.6) is 0 Å². The molecule has 0 radical (unpaired) electrons. The Hall–Kier alpha value is -2.41. The van der Waals surface area contributed by atoms with E-state index in [1.807, 2.05) is 6.07 Å². The van der Waals surface area contributed by atoms with Gasteiger partial charge in [0, 0.05) is 23.2 Å². The molecule has 0 aliphatic rings. The van der Waals surface area contributed by atoms with Gasteiger partial charge < -0.3 is 10.4 Å². The first-order chi connectivity index (χ1) is 11.2. The lowest BCUT2D eigenvalue weighted by atomic mass is 9.96. The molecule has 0 saturated carbocycles. The Morgan fingerprint density at radius 1 is 1.25 bits per heavy atom. The maximum Gasteiger partial charge on any atom is 0.325 e. The van der Waals surface area contributed by atoms with Gasteiger partial charge in [-0.1, -0.05) is 32.9 Å². The van der Waals surface area contributed by atoms with Gasteiger partial charge in [-0.3, -0.25) is 10.1 Å². The van der Waals surface area contributed by atoms with E-state index >= 15 is 0 Å². The molecule has 0 spiro atoms. The molecule has 0 unspecified atom stereocenters. The van der Waals surface area contributed by atoms with Gasteiger partial charge in [-0.15, -0.1) is 11.3 Å². The van der Waals surface area contributed by atoms with Crippen LogP contribution in [-0.4, -0.2) is 22.1 Å². The molecule has 3 N–H and O–H groups in total. The number of benzene rings is 1. The average molecular weight is 347 g/mol. The van der Waals surface area contributed by atoms with E-state index in [0.29, 0.717) is 17.2 Å². The van der Waals surface area contributed by atoms with Crippen molar-refractivity contribution in [3.8, 4) is 0 Å². The predicted octanol–water partition coefficient (Wildman–Crippen LogP) is 4.10. The van der Waals surface area contributed by atoms with Crippen molar-refractivity contribution in [2.45, 2.75) is 39.0 Å². The molecule has 24 heavy (non-hydrogen) atoms. The zero-order valence-electron chi connectivity index (χ0n) is 13.9. The first-order valence-corrected chi connectivity index (χ1v) is 8.41. The summed E-state index contributed by atoms with van der Waals surface area (Å²) in [6.07, 6.45) is 2.26. The number of urea groups is 1. The SMILES string of the molecule is CC(C)(C)c1cnc(NC(=O)Nc2cccc(CCC(=O)O)c2)s1. The van der Waals surface area contributed by atoms with Crippen molar-refractivity contribution < 1.29 is 14.7 Å². The summed E-state index contributed by atoms with van der Waals surface area (Å²) in [5, 5.41) is 14.7. The Kier molecular flexibility index (Phi) is 5.56. The van der Waals surface area contributed by atoms with Crippen molar-refractivity contribution in [3.63, 3.8) is 0 Å². The Balaban J connectivity index is 1.96.